The highest BCUT2D eigenvalue weighted by atomic mass is 16.6. The Morgan fingerprint density at radius 2 is 0.435 bits per heavy atom. The number of rotatable bonds is 72. The normalized spacial score (nSPS) is 14.1. The minimum absolute atomic E-state index is 0.0526. The number of carbonyl (C=O) groups excluding carboxylic acids is 4. The van der Waals surface area contributed by atoms with E-state index in [1.807, 2.05) is 58.8 Å². The predicted molar refractivity (Wildman–Crippen MR) is 398 cm³/mol. The second-order valence-electron chi connectivity index (χ2n) is 29.9. The summed E-state index contributed by atoms with van der Waals surface area (Å²) >= 11 is 0. The summed E-state index contributed by atoms with van der Waals surface area (Å²) in [6.45, 7) is 15.0. The molecule has 546 valence electrons. The van der Waals surface area contributed by atoms with E-state index in [0.717, 1.165) is 75.0 Å². The van der Waals surface area contributed by atoms with Crippen molar-refractivity contribution in [1.82, 2.24) is 20.4 Å². The van der Waals surface area contributed by atoms with E-state index in [0.29, 0.717) is 25.7 Å². The molecule has 0 aromatic heterocycles. The van der Waals surface area contributed by atoms with E-state index in [1.165, 1.54) is 308 Å². The van der Waals surface area contributed by atoms with Gasteiger partial charge in [-0.25, -0.2) is 0 Å². The molecule has 0 aliphatic heterocycles. The van der Waals surface area contributed by atoms with E-state index in [2.05, 4.69) is 38.3 Å². The number of esters is 2. The number of hydrogen-bond donors (Lipinski definition) is 2. The molecule has 0 saturated heterocycles. The first-order chi connectivity index (χ1) is 44.7. The molecule has 0 aliphatic carbocycles. The fraction of sp³-hybridized carbons (Fsp3) is 0.951. The molecule has 10 heteroatoms. The maximum absolute atomic E-state index is 12.9. The quantitative estimate of drug-likeness (QED) is 0.0351. The van der Waals surface area contributed by atoms with Crippen LogP contribution in [-0.2, 0) is 28.7 Å². The molecule has 92 heavy (non-hydrogen) atoms. The molecule has 2 amide bonds. The van der Waals surface area contributed by atoms with Crippen LogP contribution in [0.1, 0.15) is 434 Å². The second-order valence-corrected chi connectivity index (χ2v) is 29.9. The molecule has 0 spiro atoms. The lowest BCUT2D eigenvalue weighted by molar-refractivity contribution is -0.156. The highest BCUT2D eigenvalue weighted by molar-refractivity contribution is 5.79. The number of ether oxygens (including phenoxy) is 2. The van der Waals surface area contributed by atoms with Gasteiger partial charge >= 0.3 is 11.9 Å². The Kier molecular flexibility index (Phi) is 65.8. The van der Waals surface area contributed by atoms with E-state index in [9.17, 15) is 19.2 Å². The fourth-order valence-corrected chi connectivity index (χ4v) is 14.1. The average Bonchev–Trinajstić information content (AvgIpc) is 2.19. The number of amides is 2. The Morgan fingerprint density at radius 3 is 0.630 bits per heavy atom. The molecule has 0 fully saturated rings. The molecule has 6 atom stereocenters. The van der Waals surface area contributed by atoms with Gasteiger partial charge in [-0.2, -0.15) is 0 Å². The monoisotopic (exact) mass is 1300 g/mol. The van der Waals surface area contributed by atoms with Crippen LogP contribution in [0.15, 0.2) is 0 Å². The summed E-state index contributed by atoms with van der Waals surface area (Å²) in [5.41, 5.74) is 0. The third-order valence-electron chi connectivity index (χ3n) is 20.7. The highest BCUT2D eigenvalue weighted by Gasteiger charge is 2.23. The molecule has 10 nitrogen and oxygen atoms in total. The van der Waals surface area contributed by atoms with E-state index in [-0.39, 0.29) is 42.4 Å². The van der Waals surface area contributed by atoms with Gasteiger partial charge in [0.2, 0.25) is 11.8 Å². The first-order valence-electron chi connectivity index (χ1n) is 41.0. The largest absolute Gasteiger partial charge is 0.447 e. The minimum Gasteiger partial charge on any atom is -0.447 e. The fourth-order valence-electron chi connectivity index (χ4n) is 14.1. The van der Waals surface area contributed by atoms with Crippen molar-refractivity contribution in [3.05, 3.63) is 0 Å². The highest BCUT2D eigenvalue weighted by Crippen LogP contribution is 2.36. The Bertz CT molecular complexity index is 1500. The van der Waals surface area contributed by atoms with Crippen molar-refractivity contribution < 1.29 is 28.7 Å². The lowest BCUT2D eigenvalue weighted by Gasteiger charge is -2.28. The van der Waals surface area contributed by atoms with Crippen LogP contribution in [0.3, 0.4) is 0 Å². The molecule has 0 bridgehead atoms. The summed E-state index contributed by atoms with van der Waals surface area (Å²) in [7, 11) is 7.77. The first-order valence-corrected chi connectivity index (χ1v) is 41.0. The molecule has 0 radical (unpaired) electrons. The predicted octanol–water partition coefficient (Wildman–Crippen LogP) is 24.4. The van der Waals surface area contributed by atoms with Crippen LogP contribution < -0.4 is 10.6 Å². The molecule has 0 aliphatic rings. The third-order valence-corrected chi connectivity index (χ3v) is 20.7. The lowest BCUT2D eigenvalue weighted by Crippen LogP contribution is -2.45. The third kappa shape index (κ3) is 59.1. The van der Waals surface area contributed by atoms with E-state index in [4.69, 9.17) is 9.47 Å². The Labute approximate surface area is 574 Å². The molecule has 6 unspecified atom stereocenters. The van der Waals surface area contributed by atoms with E-state index < -0.39 is 0 Å². The van der Waals surface area contributed by atoms with Crippen molar-refractivity contribution in [2.75, 3.05) is 28.2 Å². The van der Waals surface area contributed by atoms with Gasteiger partial charge in [0.25, 0.3) is 0 Å². The van der Waals surface area contributed by atoms with Crippen molar-refractivity contribution in [2.45, 2.75) is 452 Å². The van der Waals surface area contributed by atoms with Crippen molar-refractivity contribution in [2.24, 2.45) is 23.7 Å². The molecule has 0 aromatic rings. The number of nitrogens with one attached hydrogen (secondary N) is 2. The summed E-state index contributed by atoms with van der Waals surface area (Å²) in [4.78, 5) is 54.2. The molecular formula is C82H162N4O6. The molecule has 0 saturated carbocycles. The summed E-state index contributed by atoms with van der Waals surface area (Å²) < 4.78 is 11.0. The van der Waals surface area contributed by atoms with Crippen LogP contribution in [0.5, 0.6) is 0 Å². The van der Waals surface area contributed by atoms with Crippen LogP contribution in [-0.4, -0.2) is 80.4 Å². The van der Waals surface area contributed by atoms with E-state index >= 15 is 0 Å². The molecule has 0 aromatic carbocycles. The number of hydrogen-bond acceptors (Lipinski definition) is 8. The summed E-state index contributed by atoms with van der Waals surface area (Å²) in [5, 5.41) is 6.12. The zero-order chi connectivity index (χ0) is 67.8. The van der Waals surface area contributed by atoms with Gasteiger partial charge in [0.1, 0.15) is 0 Å². The summed E-state index contributed by atoms with van der Waals surface area (Å²) in [6, 6.07) is 0. The van der Waals surface area contributed by atoms with Gasteiger partial charge in [-0.15, -0.1) is 0 Å². The van der Waals surface area contributed by atoms with Gasteiger partial charge in [-0.1, -0.05) is 362 Å². The van der Waals surface area contributed by atoms with Gasteiger partial charge in [0.05, 0.1) is 6.17 Å². The van der Waals surface area contributed by atoms with Gasteiger partial charge in [-0.05, 0) is 98.3 Å². The molecule has 0 rings (SSSR count). The van der Waals surface area contributed by atoms with Crippen LogP contribution in [0.25, 0.3) is 0 Å². The van der Waals surface area contributed by atoms with Crippen molar-refractivity contribution in [1.29, 1.82) is 0 Å². The zero-order valence-electron chi connectivity index (χ0n) is 63.8. The Balaban J connectivity index is 4.91. The van der Waals surface area contributed by atoms with Crippen LogP contribution in [0.4, 0.5) is 0 Å². The SMILES string of the molecule is CCCCCCCCC(CCCCCCCCC(=O)NC(C)NC(=O)CCCCCCCCC(CCCCCCCC)C(CCCCCCCC)CCCCCCCCC(=O)OC(C)N(C)C)C(CCCCCCCC)CCCCCCCCC(=O)OC(C)N(C)C. The van der Waals surface area contributed by atoms with Crippen LogP contribution in [0.2, 0.25) is 0 Å². The minimum atomic E-state index is -0.337. The summed E-state index contributed by atoms with van der Waals surface area (Å²) in [6.07, 6.45) is 74.4. The van der Waals surface area contributed by atoms with Crippen molar-refractivity contribution in [3.8, 4) is 0 Å². The average molecular weight is 1300 g/mol. The molecular weight excluding hydrogens is 1140 g/mol. The number of unbranched alkanes of at least 4 members (excludes halogenated alkanes) is 40. The van der Waals surface area contributed by atoms with Gasteiger partial charge < -0.3 is 20.1 Å². The molecule has 2 N–H and O–H groups in total. The number of nitrogens with zero attached hydrogens (tertiary/aromatic N) is 2. The van der Waals surface area contributed by atoms with Gasteiger partial charge in [-0.3, -0.25) is 29.0 Å². The van der Waals surface area contributed by atoms with Gasteiger partial charge in [0, 0.05) is 25.7 Å². The van der Waals surface area contributed by atoms with Crippen LogP contribution >= 0.6 is 0 Å². The number of carbonyl (C=O) groups is 4. The van der Waals surface area contributed by atoms with Crippen molar-refractivity contribution in [3.63, 3.8) is 0 Å². The smallest absolute Gasteiger partial charge is 0.307 e. The Hall–Kier alpha value is -2.20. The topological polar surface area (TPSA) is 117 Å². The van der Waals surface area contributed by atoms with E-state index in [1.54, 1.807) is 0 Å². The second kappa shape index (κ2) is 67.4. The van der Waals surface area contributed by atoms with Crippen LogP contribution in [0, 0.1) is 23.7 Å². The first kappa shape index (κ1) is 89.8. The maximum Gasteiger partial charge on any atom is 0.307 e. The molecule has 0 heterocycles. The Morgan fingerprint density at radius 1 is 0.261 bits per heavy atom. The standard InChI is InChI=1S/C82H162N4O6/c1-12-16-20-24-36-48-60-75(77(62-50-38-26-22-18-14-3)66-54-42-30-34-46-58-70-81(89)91-73(6)85(8)9)64-52-40-28-32-44-56-68-79(87)83-72(5)84-80(88)69-57-45-33-29-41-53-65-76(61-49-37-25-21-17-13-2)78(63-51-39-27-23-19-15-4)67-55-43-31-35-47-59-71-82(90)92-74(7)86(10)11/h72-78H,12-71H2,1-11H3,(H,83,87)(H,84,88). The van der Waals surface area contributed by atoms with Crippen molar-refractivity contribution >= 4 is 23.8 Å². The summed E-state index contributed by atoms with van der Waals surface area (Å²) in [5.74, 6) is 3.40. The lowest BCUT2D eigenvalue weighted by atomic mass is 9.78. The maximum atomic E-state index is 12.9. The van der Waals surface area contributed by atoms with Gasteiger partial charge in [0.15, 0.2) is 12.5 Å². The zero-order valence-corrected chi connectivity index (χ0v) is 63.8.